The maximum atomic E-state index is 12.4. The monoisotopic (exact) mass is 331 g/mol. The Morgan fingerprint density at radius 3 is 2.59 bits per heavy atom. The van der Waals surface area contributed by atoms with Crippen LogP contribution in [0.2, 0.25) is 0 Å². The fourth-order valence-electron chi connectivity index (χ4n) is 2.87. The van der Waals surface area contributed by atoms with Crippen molar-refractivity contribution in [3.05, 3.63) is 0 Å². The Kier molecular flexibility index (Phi) is 6.05. The number of guanidine groups is 1. The normalized spacial score (nSPS) is 25.2. The average molecular weight is 331 g/mol. The van der Waals surface area contributed by atoms with Gasteiger partial charge in [-0.05, 0) is 31.6 Å². The first-order chi connectivity index (χ1) is 10.4. The van der Waals surface area contributed by atoms with Crippen molar-refractivity contribution in [3.8, 4) is 0 Å². The summed E-state index contributed by atoms with van der Waals surface area (Å²) in [4.78, 5) is 4.36. The fraction of sp³-hybridized carbons (Fsp3) is 0.929. The summed E-state index contributed by atoms with van der Waals surface area (Å²) in [5, 5.41) is 3.10. The smallest absolute Gasteiger partial charge is 0.281 e. The van der Waals surface area contributed by atoms with Crippen LogP contribution in [0.5, 0.6) is 0 Å². The van der Waals surface area contributed by atoms with E-state index >= 15 is 0 Å². The second kappa shape index (κ2) is 7.61. The lowest BCUT2D eigenvalue weighted by Gasteiger charge is -2.36. The standard InChI is InChI=1S/C14H29N5O2S/c1-18(2)22(20,21)19-9-4-3-8-13(19)11-17-14(15)16-10-12-6-5-7-12/h12-13H,3-11H2,1-2H3,(H3,15,16,17). The minimum Gasteiger partial charge on any atom is -0.370 e. The number of nitrogens with one attached hydrogen (secondary N) is 1. The van der Waals surface area contributed by atoms with Gasteiger partial charge in [-0.15, -0.1) is 0 Å². The summed E-state index contributed by atoms with van der Waals surface area (Å²) in [5.41, 5.74) is 5.89. The molecule has 1 atom stereocenters. The van der Waals surface area contributed by atoms with Crippen molar-refractivity contribution in [2.24, 2.45) is 16.6 Å². The average Bonchev–Trinajstić information content (AvgIpc) is 2.43. The van der Waals surface area contributed by atoms with Gasteiger partial charge in [0.1, 0.15) is 0 Å². The summed E-state index contributed by atoms with van der Waals surface area (Å²) in [7, 11) is -0.227. The minimum absolute atomic E-state index is 0.0568. The van der Waals surface area contributed by atoms with Crippen molar-refractivity contribution in [1.29, 1.82) is 0 Å². The van der Waals surface area contributed by atoms with E-state index < -0.39 is 10.2 Å². The lowest BCUT2D eigenvalue weighted by molar-refractivity contribution is 0.240. The van der Waals surface area contributed by atoms with Gasteiger partial charge in [-0.2, -0.15) is 17.0 Å². The highest BCUT2D eigenvalue weighted by Gasteiger charge is 2.33. The van der Waals surface area contributed by atoms with Gasteiger partial charge < -0.3 is 11.1 Å². The maximum Gasteiger partial charge on any atom is 0.281 e. The molecule has 0 aromatic rings. The topological polar surface area (TPSA) is 91.0 Å². The van der Waals surface area contributed by atoms with Crippen LogP contribution >= 0.6 is 0 Å². The second-order valence-electron chi connectivity index (χ2n) is 6.45. The molecule has 7 nitrogen and oxygen atoms in total. The molecule has 0 spiro atoms. The SMILES string of the molecule is CN(C)S(=O)(=O)N1CCCCC1CNC(N)=NCC1CCC1. The van der Waals surface area contributed by atoms with Crippen LogP contribution in [0, 0.1) is 5.92 Å². The molecule has 8 heteroatoms. The molecule has 0 aromatic heterocycles. The Morgan fingerprint density at radius 1 is 1.27 bits per heavy atom. The Labute approximate surface area is 134 Å². The van der Waals surface area contributed by atoms with Crippen LogP contribution in [0.3, 0.4) is 0 Å². The Hall–Kier alpha value is -0.860. The van der Waals surface area contributed by atoms with Crippen LogP contribution in [-0.2, 0) is 10.2 Å². The first-order valence-corrected chi connectivity index (χ1v) is 9.54. The van der Waals surface area contributed by atoms with Crippen molar-refractivity contribution in [2.75, 3.05) is 33.7 Å². The quantitative estimate of drug-likeness (QED) is 0.543. The predicted molar refractivity (Wildman–Crippen MR) is 88.8 cm³/mol. The Bertz CT molecular complexity index is 487. The van der Waals surface area contributed by atoms with Crippen molar-refractivity contribution < 1.29 is 8.42 Å². The van der Waals surface area contributed by atoms with Crippen molar-refractivity contribution in [1.82, 2.24) is 13.9 Å². The largest absolute Gasteiger partial charge is 0.370 e. The van der Waals surface area contributed by atoms with Crippen LogP contribution < -0.4 is 11.1 Å². The van der Waals surface area contributed by atoms with Crippen LogP contribution in [0.15, 0.2) is 4.99 Å². The van der Waals surface area contributed by atoms with Crippen LogP contribution in [0.4, 0.5) is 0 Å². The molecule has 0 radical (unpaired) electrons. The molecule has 1 heterocycles. The minimum atomic E-state index is -3.37. The maximum absolute atomic E-state index is 12.4. The summed E-state index contributed by atoms with van der Waals surface area (Å²) in [6.45, 7) is 1.88. The molecule has 0 bridgehead atoms. The van der Waals surface area contributed by atoms with E-state index in [-0.39, 0.29) is 6.04 Å². The summed E-state index contributed by atoms with van der Waals surface area (Å²) in [5.74, 6) is 1.11. The van der Waals surface area contributed by atoms with E-state index in [1.807, 2.05) is 0 Å². The van der Waals surface area contributed by atoms with E-state index in [4.69, 9.17) is 5.73 Å². The summed E-state index contributed by atoms with van der Waals surface area (Å²) >= 11 is 0. The molecule has 0 amide bonds. The van der Waals surface area contributed by atoms with Gasteiger partial charge in [0.05, 0.1) is 0 Å². The summed E-state index contributed by atoms with van der Waals surface area (Å²) < 4.78 is 27.6. The van der Waals surface area contributed by atoms with E-state index in [1.54, 1.807) is 18.4 Å². The van der Waals surface area contributed by atoms with E-state index in [1.165, 1.54) is 23.6 Å². The first kappa shape index (κ1) is 17.5. The van der Waals surface area contributed by atoms with Crippen molar-refractivity contribution in [2.45, 2.75) is 44.6 Å². The second-order valence-corrected chi connectivity index (χ2v) is 8.55. The molecular formula is C14H29N5O2S. The van der Waals surface area contributed by atoms with Crippen LogP contribution in [0.25, 0.3) is 0 Å². The molecule has 22 heavy (non-hydrogen) atoms. The number of hydrogen-bond acceptors (Lipinski definition) is 3. The van der Waals surface area contributed by atoms with Gasteiger partial charge >= 0.3 is 0 Å². The zero-order valence-corrected chi connectivity index (χ0v) is 14.5. The lowest BCUT2D eigenvalue weighted by Crippen LogP contribution is -2.53. The molecule has 2 aliphatic rings. The van der Waals surface area contributed by atoms with E-state index in [0.717, 1.165) is 25.8 Å². The number of nitrogens with two attached hydrogens (primary N) is 1. The molecule has 1 saturated carbocycles. The van der Waals surface area contributed by atoms with Crippen molar-refractivity contribution in [3.63, 3.8) is 0 Å². The van der Waals surface area contributed by atoms with Gasteiger partial charge in [-0.1, -0.05) is 12.8 Å². The highest BCUT2D eigenvalue weighted by molar-refractivity contribution is 7.86. The number of hydrogen-bond donors (Lipinski definition) is 2. The predicted octanol–water partition coefficient (Wildman–Crippen LogP) is 0.352. The molecule has 2 rings (SSSR count). The van der Waals surface area contributed by atoms with Gasteiger partial charge in [-0.3, -0.25) is 4.99 Å². The van der Waals surface area contributed by atoms with Gasteiger partial charge in [0.2, 0.25) is 0 Å². The van der Waals surface area contributed by atoms with Crippen LogP contribution in [0.1, 0.15) is 38.5 Å². The van der Waals surface area contributed by atoms with E-state index in [0.29, 0.717) is 25.0 Å². The number of nitrogens with zero attached hydrogens (tertiary/aromatic N) is 3. The van der Waals surface area contributed by atoms with Gasteiger partial charge in [0, 0.05) is 39.8 Å². The number of piperidine rings is 1. The first-order valence-electron chi connectivity index (χ1n) is 8.14. The van der Waals surface area contributed by atoms with Gasteiger partial charge in [0.25, 0.3) is 10.2 Å². The van der Waals surface area contributed by atoms with E-state index in [9.17, 15) is 8.42 Å². The molecule has 0 aromatic carbocycles. The highest BCUT2D eigenvalue weighted by Crippen LogP contribution is 2.26. The highest BCUT2D eigenvalue weighted by atomic mass is 32.2. The third-order valence-corrected chi connectivity index (χ3v) is 6.59. The molecule has 1 saturated heterocycles. The van der Waals surface area contributed by atoms with Crippen LogP contribution in [-0.4, -0.2) is 62.8 Å². The summed E-state index contributed by atoms with van der Waals surface area (Å²) in [6, 6.07) is -0.0568. The van der Waals surface area contributed by atoms with Crippen molar-refractivity contribution >= 4 is 16.2 Å². The lowest BCUT2D eigenvalue weighted by atomic mass is 9.86. The Balaban J connectivity index is 1.88. The molecule has 1 aliphatic heterocycles. The molecule has 128 valence electrons. The molecule has 1 aliphatic carbocycles. The molecule has 3 N–H and O–H groups in total. The molecule has 1 unspecified atom stereocenters. The number of aliphatic imine (C=N–C) groups is 1. The number of rotatable bonds is 6. The van der Waals surface area contributed by atoms with E-state index in [2.05, 4.69) is 10.3 Å². The third kappa shape index (κ3) is 4.33. The molecular weight excluding hydrogens is 302 g/mol. The molecule has 2 fully saturated rings. The zero-order chi connectivity index (χ0) is 16.2. The fourth-order valence-corrected chi connectivity index (χ4v) is 4.21. The summed E-state index contributed by atoms with van der Waals surface area (Å²) in [6.07, 6.45) is 6.60. The Morgan fingerprint density at radius 2 is 2.00 bits per heavy atom. The van der Waals surface area contributed by atoms with Gasteiger partial charge in [-0.25, -0.2) is 0 Å². The third-order valence-electron chi connectivity index (χ3n) is 4.59. The zero-order valence-electron chi connectivity index (χ0n) is 13.7. The van der Waals surface area contributed by atoms with Gasteiger partial charge in [0.15, 0.2) is 5.96 Å².